The third-order valence-electron chi connectivity index (χ3n) is 2.45. The van der Waals surface area contributed by atoms with Crippen molar-refractivity contribution in [3.05, 3.63) is 34.9 Å². The molecule has 0 aromatic heterocycles. The Labute approximate surface area is 95.9 Å². The Balaban J connectivity index is 2.72. The number of aldehydes is 1. The molecule has 86 valence electrons. The predicted octanol–water partition coefficient (Wildman–Crippen LogP) is 2.34. The van der Waals surface area contributed by atoms with Crippen LogP contribution in [0, 0.1) is 6.92 Å². The van der Waals surface area contributed by atoms with Crippen molar-refractivity contribution < 1.29 is 9.59 Å². The van der Waals surface area contributed by atoms with Crippen molar-refractivity contribution in [1.29, 1.82) is 0 Å². The highest BCUT2D eigenvalue weighted by Crippen LogP contribution is 2.09. The molecule has 1 amide bonds. The minimum absolute atomic E-state index is 0.0663. The zero-order chi connectivity index (χ0) is 12.0. The van der Waals surface area contributed by atoms with Crippen LogP contribution in [0.25, 0.3) is 0 Å². The standard InChI is InChI=1S/C13H17NO2/c1-3-4-7-14-13(16)12-6-5-11(9-15)8-10(12)2/h5-6,8-9H,3-4,7H2,1-2H3,(H,14,16). The van der Waals surface area contributed by atoms with E-state index in [1.165, 1.54) is 0 Å². The van der Waals surface area contributed by atoms with Crippen LogP contribution in [0.2, 0.25) is 0 Å². The van der Waals surface area contributed by atoms with Crippen molar-refractivity contribution in [3.63, 3.8) is 0 Å². The van der Waals surface area contributed by atoms with Gasteiger partial charge in [-0.15, -0.1) is 0 Å². The quantitative estimate of drug-likeness (QED) is 0.610. The van der Waals surface area contributed by atoms with E-state index < -0.39 is 0 Å². The number of aryl methyl sites for hydroxylation is 1. The van der Waals surface area contributed by atoms with Gasteiger partial charge in [0.1, 0.15) is 6.29 Å². The molecular formula is C13H17NO2. The van der Waals surface area contributed by atoms with Crippen LogP contribution in [-0.4, -0.2) is 18.7 Å². The fourth-order valence-corrected chi connectivity index (χ4v) is 1.49. The summed E-state index contributed by atoms with van der Waals surface area (Å²) in [4.78, 5) is 22.3. The Kier molecular flexibility index (Phi) is 4.70. The summed E-state index contributed by atoms with van der Waals surface area (Å²) in [5, 5.41) is 2.85. The number of nitrogens with one attached hydrogen (secondary N) is 1. The van der Waals surface area contributed by atoms with Gasteiger partial charge in [0, 0.05) is 17.7 Å². The summed E-state index contributed by atoms with van der Waals surface area (Å²) in [6, 6.07) is 5.08. The van der Waals surface area contributed by atoms with Gasteiger partial charge in [-0.2, -0.15) is 0 Å². The molecule has 0 spiro atoms. The first-order chi connectivity index (χ1) is 7.69. The van der Waals surface area contributed by atoms with Crippen molar-refractivity contribution in [3.8, 4) is 0 Å². The van der Waals surface area contributed by atoms with Crippen molar-refractivity contribution in [2.24, 2.45) is 0 Å². The van der Waals surface area contributed by atoms with E-state index in [1.54, 1.807) is 18.2 Å². The molecule has 0 aliphatic rings. The normalized spacial score (nSPS) is 9.88. The van der Waals surface area contributed by atoms with Gasteiger partial charge in [-0.25, -0.2) is 0 Å². The summed E-state index contributed by atoms with van der Waals surface area (Å²) in [6.45, 7) is 4.61. The number of unbranched alkanes of at least 4 members (excludes halogenated alkanes) is 1. The Bertz CT molecular complexity index is 386. The maximum Gasteiger partial charge on any atom is 0.251 e. The first kappa shape index (κ1) is 12.4. The van der Waals surface area contributed by atoms with Gasteiger partial charge in [-0.1, -0.05) is 19.4 Å². The highest BCUT2D eigenvalue weighted by Gasteiger charge is 2.08. The van der Waals surface area contributed by atoms with Gasteiger partial charge in [-0.05, 0) is 31.0 Å². The van der Waals surface area contributed by atoms with Gasteiger partial charge >= 0.3 is 0 Å². The van der Waals surface area contributed by atoms with E-state index in [4.69, 9.17) is 0 Å². The molecule has 1 rings (SSSR count). The summed E-state index contributed by atoms with van der Waals surface area (Å²) in [7, 11) is 0. The second-order valence-corrected chi connectivity index (χ2v) is 3.80. The lowest BCUT2D eigenvalue weighted by Gasteiger charge is -2.07. The molecule has 0 saturated heterocycles. The van der Waals surface area contributed by atoms with E-state index in [9.17, 15) is 9.59 Å². The molecule has 0 unspecified atom stereocenters. The Hall–Kier alpha value is -1.64. The second kappa shape index (κ2) is 6.05. The molecule has 16 heavy (non-hydrogen) atoms. The molecule has 0 atom stereocenters. The Morgan fingerprint density at radius 1 is 1.44 bits per heavy atom. The smallest absolute Gasteiger partial charge is 0.251 e. The SMILES string of the molecule is CCCCNC(=O)c1ccc(C=O)cc1C. The summed E-state index contributed by atoms with van der Waals surface area (Å²) >= 11 is 0. The van der Waals surface area contributed by atoms with E-state index in [1.807, 2.05) is 6.92 Å². The van der Waals surface area contributed by atoms with Crippen LogP contribution >= 0.6 is 0 Å². The molecule has 0 aliphatic carbocycles. The lowest BCUT2D eigenvalue weighted by atomic mass is 10.1. The van der Waals surface area contributed by atoms with Crippen molar-refractivity contribution in [1.82, 2.24) is 5.32 Å². The van der Waals surface area contributed by atoms with Crippen molar-refractivity contribution >= 4 is 12.2 Å². The largest absolute Gasteiger partial charge is 0.352 e. The van der Waals surface area contributed by atoms with Gasteiger partial charge < -0.3 is 5.32 Å². The van der Waals surface area contributed by atoms with Gasteiger partial charge in [0.25, 0.3) is 5.91 Å². The summed E-state index contributed by atoms with van der Waals surface area (Å²) < 4.78 is 0. The Morgan fingerprint density at radius 2 is 2.19 bits per heavy atom. The third-order valence-corrected chi connectivity index (χ3v) is 2.45. The fraction of sp³-hybridized carbons (Fsp3) is 0.385. The van der Waals surface area contributed by atoms with Crippen molar-refractivity contribution in [2.75, 3.05) is 6.54 Å². The number of amides is 1. The lowest BCUT2D eigenvalue weighted by molar-refractivity contribution is 0.0952. The van der Waals surface area contributed by atoms with E-state index >= 15 is 0 Å². The molecular weight excluding hydrogens is 202 g/mol. The van der Waals surface area contributed by atoms with Gasteiger partial charge in [0.05, 0.1) is 0 Å². The fourth-order valence-electron chi connectivity index (χ4n) is 1.49. The first-order valence-corrected chi connectivity index (χ1v) is 5.53. The van der Waals surface area contributed by atoms with E-state index in [-0.39, 0.29) is 5.91 Å². The van der Waals surface area contributed by atoms with Crippen LogP contribution in [0.5, 0.6) is 0 Å². The number of rotatable bonds is 5. The summed E-state index contributed by atoms with van der Waals surface area (Å²) in [5.74, 6) is -0.0663. The first-order valence-electron chi connectivity index (χ1n) is 5.53. The van der Waals surface area contributed by atoms with Crippen LogP contribution in [0.15, 0.2) is 18.2 Å². The molecule has 1 aromatic carbocycles. The van der Waals surface area contributed by atoms with Gasteiger partial charge in [-0.3, -0.25) is 9.59 Å². The summed E-state index contributed by atoms with van der Waals surface area (Å²) in [6.07, 6.45) is 2.83. The molecule has 3 heteroatoms. The van der Waals surface area contributed by atoms with Gasteiger partial charge in [0.2, 0.25) is 0 Å². The predicted molar refractivity (Wildman–Crippen MR) is 63.8 cm³/mol. The molecule has 0 bridgehead atoms. The number of carbonyl (C=O) groups is 2. The maximum absolute atomic E-state index is 11.7. The molecule has 0 radical (unpaired) electrons. The minimum atomic E-state index is -0.0663. The number of benzene rings is 1. The van der Waals surface area contributed by atoms with E-state index in [0.717, 1.165) is 24.7 Å². The number of hydrogen-bond donors (Lipinski definition) is 1. The third kappa shape index (κ3) is 3.19. The van der Waals surface area contributed by atoms with Crippen molar-refractivity contribution in [2.45, 2.75) is 26.7 Å². The molecule has 0 saturated carbocycles. The topological polar surface area (TPSA) is 46.2 Å². The van der Waals surface area contributed by atoms with E-state index in [2.05, 4.69) is 12.2 Å². The monoisotopic (exact) mass is 219 g/mol. The molecule has 1 N–H and O–H groups in total. The Morgan fingerprint density at radius 3 is 2.75 bits per heavy atom. The van der Waals surface area contributed by atoms with Crippen LogP contribution in [-0.2, 0) is 0 Å². The van der Waals surface area contributed by atoms with Crippen LogP contribution in [0.3, 0.4) is 0 Å². The zero-order valence-corrected chi connectivity index (χ0v) is 9.75. The highest BCUT2D eigenvalue weighted by atomic mass is 16.1. The zero-order valence-electron chi connectivity index (χ0n) is 9.75. The maximum atomic E-state index is 11.7. The molecule has 0 heterocycles. The van der Waals surface area contributed by atoms with Gasteiger partial charge in [0.15, 0.2) is 0 Å². The summed E-state index contributed by atoms with van der Waals surface area (Å²) in [5.41, 5.74) is 2.07. The lowest BCUT2D eigenvalue weighted by Crippen LogP contribution is -2.25. The molecule has 0 aliphatic heterocycles. The molecule has 3 nitrogen and oxygen atoms in total. The minimum Gasteiger partial charge on any atom is -0.352 e. The molecule has 0 fully saturated rings. The van der Waals surface area contributed by atoms with Crippen LogP contribution in [0.1, 0.15) is 46.0 Å². The average molecular weight is 219 g/mol. The second-order valence-electron chi connectivity index (χ2n) is 3.80. The van der Waals surface area contributed by atoms with Crippen LogP contribution < -0.4 is 5.32 Å². The van der Waals surface area contributed by atoms with E-state index in [0.29, 0.717) is 17.7 Å². The number of hydrogen-bond acceptors (Lipinski definition) is 2. The number of carbonyl (C=O) groups excluding carboxylic acids is 2. The van der Waals surface area contributed by atoms with Crippen LogP contribution in [0.4, 0.5) is 0 Å². The highest BCUT2D eigenvalue weighted by molar-refractivity contribution is 5.96. The molecule has 1 aromatic rings. The average Bonchev–Trinajstić information content (AvgIpc) is 2.29.